The Balaban J connectivity index is 2.27. The minimum absolute atomic E-state index is 0.0302. The smallest absolute Gasteiger partial charge is 0.330 e. The Labute approximate surface area is 176 Å². The highest BCUT2D eigenvalue weighted by Crippen LogP contribution is 2.25. The van der Waals surface area contributed by atoms with Crippen molar-refractivity contribution in [2.75, 3.05) is 17.7 Å². The Bertz CT molecular complexity index is 1020. The van der Waals surface area contributed by atoms with E-state index in [1.54, 1.807) is 6.92 Å². The van der Waals surface area contributed by atoms with Crippen LogP contribution >= 0.6 is 0 Å². The van der Waals surface area contributed by atoms with E-state index >= 15 is 0 Å². The number of anilines is 2. The number of nitrogens with one attached hydrogen (secondary N) is 1. The van der Waals surface area contributed by atoms with Gasteiger partial charge in [0.1, 0.15) is 11.6 Å². The van der Waals surface area contributed by atoms with Gasteiger partial charge in [0.05, 0.1) is 0 Å². The second-order valence-corrected chi connectivity index (χ2v) is 7.83. The molecule has 1 heterocycles. The van der Waals surface area contributed by atoms with Crippen LogP contribution in [0.4, 0.5) is 11.5 Å². The van der Waals surface area contributed by atoms with Gasteiger partial charge in [-0.25, -0.2) is 4.79 Å². The van der Waals surface area contributed by atoms with E-state index in [0.29, 0.717) is 18.2 Å². The number of nitrogen functional groups attached to an aromatic ring is 1. The summed E-state index contributed by atoms with van der Waals surface area (Å²) in [5.41, 5.74) is 7.04. The van der Waals surface area contributed by atoms with Crippen LogP contribution in [0.2, 0.25) is 0 Å². The van der Waals surface area contributed by atoms with Crippen molar-refractivity contribution in [3.05, 3.63) is 50.2 Å². The molecule has 2 aromatic rings. The summed E-state index contributed by atoms with van der Waals surface area (Å²) in [4.78, 5) is 40.8. The molecule has 1 aromatic carbocycles. The lowest BCUT2D eigenvalue weighted by Crippen LogP contribution is -2.43. The van der Waals surface area contributed by atoms with Gasteiger partial charge in [-0.15, -0.1) is 0 Å². The molecule has 0 saturated carbocycles. The van der Waals surface area contributed by atoms with Crippen molar-refractivity contribution >= 4 is 17.4 Å². The largest absolute Gasteiger partial charge is 0.481 e. The van der Waals surface area contributed by atoms with Crippen molar-refractivity contribution in [2.45, 2.75) is 66.0 Å². The number of hydrogen-bond acceptors (Lipinski definition) is 5. The van der Waals surface area contributed by atoms with E-state index in [0.717, 1.165) is 23.3 Å². The van der Waals surface area contributed by atoms with Crippen LogP contribution in [-0.2, 0) is 11.3 Å². The lowest BCUT2D eigenvalue weighted by molar-refractivity contribution is -0.124. The van der Waals surface area contributed by atoms with Gasteiger partial charge in [0.25, 0.3) is 11.5 Å². The molecule has 0 spiro atoms. The zero-order valence-corrected chi connectivity index (χ0v) is 18.6. The number of unbranched alkanes of at least 4 members (excludes halogenated alkanes) is 1. The molecule has 2 rings (SSSR count). The zero-order valence-electron chi connectivity index (χ0n) is 18.6. The summed E-state index contributed by atoms with van der Waals surface area (Å²) in [6.45, 7) is 10.2. The van der Waals surface area contributed by atoms with E-state index in [-0.39, 0.29) is 11.5 Å². The average Bonchev–Trinajstić information content (AvgIpc) is 2.66. The molecule has 0 bridgehead atoms. The number of aromatic amines is 1. The third-order valence-electron chi connectivity index (χ3n) is 5.14. The first-order valence-corrected chi connectivity index (χ1v) is 10.3. The number of rotatable bonds is 8. The van der Waals surface area contributed by atoms with Gasteiger partial charge in [0.15, 0.2) is 11.8 Å². The molecule has 0 radical (unpaired) electrons. The molecule has 0 fully saturated rings. The summed E-state index contributed by atoms with van der Waals surface area (Å²) in [5.74, 6) is 0.485. The lowest BCUT2D eigenvalue weighted by Gasteiger charge is -2.24. The summed E-state index contributed by atoms with van der Waals surface area (Å²) >= 11 is 0. The first-order chi connectivity index (χ1) is 14.1. The van der Waals surface area contributed by atoms with Crippen molar-refractivity contribution in [2.24, 2.45) is 0 Å². The van der Waals surface area contributed by atoms with Gasteiger partial charge in [-0.1, -0.05) is 33.3 Å². The van der Waals surface area contributed by atoms with Crippen LogP contribution in [0, 0.1) is 6.92 Å². The highest BCUT2D eigenvalue weighted by Gasteiger charge is 2.26. The Hall–Kier alpha value is -3.03. The van der Waals surface area contributed by atoms with Gasteiger partial charge >= 0.3 is 5.69 Å². The monoisotopic (exact) mass is 416 g/mol. The number of aryl methyl sites for hydroxylation is 1. The van der Waals surface area contributed by atoms with Crippen LogP contribution in [0.5, 0.6) is 5.75 Å². The van der Waals surface area contributed by atoms with E-state index in [1.165, 1.54) is 17.2 Å². The number of amides is 1. The highest BCUT2D eigenvalue weighted by atomic mass is 16.5. The van der Waals surface area contributed by atoms with Gasteiger partial charge in [-0.2, -0.15) is 0 Å². The van der Waals surface area contributed by atoms with Crippen molar-refractivity contribution in [3.63, 3.8) is 0 Å². The van der Waals surface area contributed by atoms with Gasteiger partial charge in [0.2, 0.25) is 0 Å². The number of nitrogens with zero attached hydrogens (tertiary/aromatic N) is 2. The maximum Gasteiger partial charge on any atom is 0.330 e. The molecule has 1 amide bonds. The van der Waals surface area contributed by atoms with E-state index in [2.05, 4.69) is 18.8 Å². The number of nitrogens with two attached hydrogens (primary N) is 1. The maximum atomic E-state index is 12.9. The standard InChI is InChI=1S/C22H32N4O4/c1-7-8-11-26-19(23)18(20(27)24-22(26)29)25(6)21(28)15(5)30-16-9-10-17(13(2)3)14(4)12-16/h9-10,12-13,15H,7-8,11,23H2,1-6H3,(H,24,27,29)/t15-/m1/s1. The fraction of sp³-hybridized carbons (Fsp3) is 0.500. The minimum atomic E-state index is -0.853. The second kappa shape index (κ2) is 9.65. The molecule has 8 heteroatoms. The average molecular weight is 417 g/mol. The fourth-order valence-electron chi connectivity index (χ4n) is 3.45. The predicted molar refractivity (Wildman–Crippen MR) is 119 cm³/mol. The topological polar surface area (TPSA) is 110 Å². The third kappa shape index (κ3) is 4.93. The molecule has 3 N–H and O–H groups in total. The maximum absolute atomic E-state index is 12.9. The van der Waals surface area contributed by atoms with Crippen LogP contribution in [0.25, 0.3) is 0 Å². The van der Waals surface area contributed by atoms with Gasteiger partial charge in [0, 0.05) is 13.6 Å². The number of carbonyl (C=O) groups excluding carboxylic acids is 1. The summed E-state index contributed by atoms with van der Waals surface area (Å²) < 4.78 is 7.10. The van der Waals surface area contributed by atoms with Crippen LogP contribution in [0.15, 0.2) is 27.8 Å². The normalized spacial score (nSPS) is 12.1. The number of carbonyl (C=O) groups is 1. The van der Waals surface area contributed by atoms with Crippen LogP contribution in [0.1, 0.15) is 57.6 Å². The summed E-state index contributed by atoms with van der Waals surface area (Å²) in [7, 11) is 1.45. The lowest BCUT2D eigenvalue weighted by atomic mass is 9.98. The molecule has 0 unspecified atom stereocenters. The minimum Gasteiger partial charge on any atom is -0.481 e. The second-order valence-electron chi connectivity index (χ2n) is 7.83. The highest BCUT2D eigenvalue weighted by molar-refractivity contribution is 5.97. The predicted octanol–water partition coefficient (Wildman–Crippen LogP) is 2.78. The van der Waals surface area contributed by atoms with Crippen molar-refractivity contribution in [1.29, 1.82) is 0 Å². The van der Waals surface area contributed by atoms with E-state index in [4.69, 9.17) is 10.5 Å². The number of H-pyrrole nitrogens is 1. The Kier molecular flexibility index (Phi) is 7.48. The molecule has 1 atom stereocenters. The Morgan fingerprint density at radius 2 is 1.93 bits per heavy atom. The van der Waals surface area contributed by atoms with Crippen molar-refractivity contribution < 1.29 is 9.53 Å². The van der Waals surface area contributed by atoms with E-state index < -0.39 is 23.3 Å². The number of benzene rings is 1. The molecule has 30 heavy (non-hydrogen) atoms. The first-order valence-electron chi connectivity index (χ1n) is 10.3. The fourth-order valence-corrected chi connectivity index (χ4v) is 3.45. The molecular weight excluding hydrogens is 384 g/mol. The van der Waals surface area contributed by atoms with Crippen LogP contribution in [-0.4, -0.2) is 28.6 Å². The van der Waals surface area contributed by atoms with Crippen LogP contribution < -0.4 is 26.6 Å². The molecule has 0 aliphatic carbocycles. The van der Waals surface area contributed by atoms with Crippen molar-refractivity contribution in [1.82, 2.24) is 9.55 Å². The molecule has 0 aliphatic heterocycles. The third-order valence-corrected chi connectivity index (χ3v) is 5.14. The summed E-state index contributed by atoms with van der Waals surface area (Å²) in [6.07, 6.45) is 0.724. The van der Waals surface area contributed by atoms with Crippen LogP contribution in [0.3, 0.4) is 0 Å². The van der Waals surface area contributed by atoms with Gasteiger partial charge in [-0.3, -0.25) is 19.1 Å². The Morgan fingerprint density at radius 1 is 1.27 bits per heavy atom. The quantitative estimate of drug-likeness (QED) is 0.687. The first kappa shape index (κ1) is 23.3. The number of hydrogen-bond donors (Lipinski definition) is 2. The van der Waals surface area contributed by atoms with Gasteiger partial charge in [-0.05, 0) is 49.4 Å². The number of aromatic nitrogens is 2. The van der Waals surface area contributed by atoms with Gasteiger partial charge < -0.3 is 15.4 Å². The molecule has 8 nitrogen and oxygen atoms in total. The Morgan fingerprint density at radius 3 is 2.50 bits per heavy atom. The molecule has 0 aliphatic rings. The number of likely N-dealkylation sites (N-methyl/N-ethyl adjacent to an activating group) is 1. The van der Waals surface area contributed by atoms with Crippen molar-refractivity contribution in [3.8, 4) is 5.75 Å². The SMILES string of the molecule is CCCCn1c(N)c(N(C)C(=O)[C@@H](C)Oc2ccc(C(C)C)c(C)c2)c(=O)[nH]c1=O. The summed E-state index contributed by atoms with van der Waals surface area (Å²) in [6, 6.07) is 5.71. The molecule has 1 aromatic heterocycles. The molecular formula is C22H32N4O4. The summed E-state index contributed by atoms with van der Waals surface area (Å²) in [5, 5.41) is 0. The van der Waals surface area contributed by atoms with E-state index in [9.17, 15) is 14.4 Å². The zero-order chi connectivity index (χ0) is 22.6. The molecule has 0 saturated heterocycles. The van der Waals surface area contributed by atoms with E-state index in [1.807, 2.05) is 32.0 Å². The molecule has 164 valence electrons. The number of ether oxygens (including phenoxy) is 1.